The van der Waals surface area contributed by atoms with E-state index in [0.29, 0.717) is 5.92 Å². The van der Waals surface area contributed by atoms with Crippen LogP contribution in [0.3, 0.4) is 0 Å². The van der Waals surface area contributed by atoms with Crippen molar-refractivity contribution in [3.05, 3.63) is 15.1 Å². The summed E-state index contributed by atoms with van der Waals surface area (Å²) in [6.45, 7) is 4.52. The summed E-state index contributed by atoms with van der Waals surface area (Å²) in [6.07, 6.45) is 8.72. The topological polar surface area (TPSA) is 37.8 Å². The highest BCUT2D eigenvalue weighted by atomic mass is 127. The highest BCUT2D eigenvalue weighted by Crippen LogP contribution is 2.37. The number of nitrogens with one attached hydrogen (secondary N) is 1. The van der Waals surface area contributed by atoms with Crippen molar-refractivity contribution in [3.8, 4) is 0 Å². The Morgan fingerprint density at radius 1 is 1.25 bits per heavy atom. The van der Waals surface area contributed by atoms with E-state index in [2.05, 4.69) is 41.8 Å². The van der Waals surface area contributed by atoms with Gasteiger partial charge in [-0.15, -0.1) is 0 Å². The van der Waals surface area contributed by atoms with Crippen LogP contribution < -0.4 is 5.32 Å². The van der Waals surface area contributed by atoms with Gasteiger partial charge in [0, 0.05) is 13.0 Å². The Labute approximate surface area is 136 Å². The summed E-state index contributed by atoms with van der Waals surface area (Å²) >= 11 is 2.38. The molecule has 1 aliphatic rings. The number of hydrogen-bond acceptors (Lipinski definition) is 3. The lowest BCUT2D eigenvalue weighted by atomic mass is 9.80. The van der Waals surface area contributed by atoms with Crippen molar-refractivity contribution in [1.29, 1.82) is 0 Å². The maximum Gasteiger partial charge on any atom is 0.143 e. The number of rotatable bonds is 5. The first kappa shape index (κ1) is 16.0. The minimum atomic E-state index is 0.563. The number of halogens is 1. The quantitative estimate of drug-likeness (QED) is 0.741. The van der Waals surface area contributed by atoms with Gasteiger partial charge < -0.3 is 5.32 Å². The Morgan fingerprint density at radius 3 is 2.70 bits per heavy atom. The normalized spacial score (nSPS) is 22.8. The molecule has 3 nitrogen and oxygen atoms in total. The molecular weight excluding hydrogens is 361 g/mol. The summed E-state index contributed by atoms with van der Waals surface area (Å²) in [5, 5.41) is 3.24. The van der Waals surface area contributed by atoms with E-state index in [4.69, 9.17) is 9.97 Å². The second kappa shape index (κ2) is 7.57. The van der Waals surface area contributed by atoms with Crippen LogP contribution in [0.1, 0.15) is 69.8 Å². The van der Waals surface area contributed by atoms with Crippen molar-refractivity contribution in [3.63, 3.8) is 0 Å². The van der Waals surface area contributed by atoms with Crippen LogP contribution in [0.4, 0.5) is 5.82 Å². The lowest BCUT2D eigenvalue weighted by Gasteiger charge is -2.28. The molecule has 0 radical (unpaired) electrons. The molecule has 1 fully saturated rings. The maximum atomic E-state index is 4.90. The summed E-state index contributed by atoms with van der Waals surface area (Å²) in [4.78, 5) is 9.70. The predicted octanol–water partition coefficient (Wildman–Crippen LogP) is 4.76. The molecule has 20 heavy (non-hydrogen) atoms. The van der Waals surface area contributed by atoms with E-state index >= 15 is 0 Å². The predicted molar refractivity (Wildman–Crippen MR) is 93.3 cm³/mol. The van der Waals surface area contributed by atoms with Crippen molar-refractivity contribution in [1.82, 2.24) is 9.97 Å². The van der Waals surface area contributed by atoms with Gasteiger partial charge in [0.25, 0.3) is 0 Å². The fraction of sp³-hybridized carbons (Fsp3) is 0.750. The maximum absolute atomic E-state index is 4.90. The van der Waals surface area contributed by atoms with Gasteiger partial charge in [0.05, 0.1) is 9.26 Å². The Kier molecular flexibility index (Phi) is 6.05. The molecule has 0 aromatic carbocycles. The summed E-state index contributed by atoms with van der Waals surface area (Å²) in [5.41, 5.74) is 1.22. The smallest absolute Gasteiger partial charge is 0.143 e. The molecule has 1 aromatic rings. The third-order valence-electron chi connectivity index (χ3n) is 4.39. The van der Waals surface area contributed by atoms with Gasteiger partial charge in [0.15, 0.2) is 0 Å². The first-order chi connectivity index (χ1) is 9.69. The summed E-state index contributed by atoms with van der Waals surface area (Å²) in [6, 6.07) is 0. The molecule has 1 aliphatic carbocycles. The van der Waals surface area contributed by atoms with Crippen molar-refractivity contribution in [2.24, 2.45) is 5.92 Å². The van der Waals surface area contributed by atoms with E-state index in [0.717, 1.165) is 30.4 Å². The van der Waals surface area contributed by atoms with Crippen LogP contribution in [0.2, 0.25) is 0 Å². The Bertz CT molecular complexity index is 448. The number of nitrogens with zero attached hydrogens (tertiary/aromatic N) is 2. The van der Waals surface area contributed by atoms with Gasteiger partial charge in [-0.1, -0.05) is 39.5 Å². The molecule has 1 saturated carbocycles. The number of anilines is 1. The van der Waals surface area contributed by atoms with Crippen molar-refractivity contribution in [2.75, 3.05) is 12.4 Å². The van der Waals surface area contributed by atoms with Gasteiger partial charge in [0.2, 0.25) is 0 Å². The molecule has 1 aromatic heterocycles. The molecule has 0 saturated heterocycles. The molecule has 2 unspecified atom stereocenters. The number of aryl methyl sites for hydroxylation is 1. The largest absolute Gasteiger partial charge is 0.372 e. The molecule has 4 heteroatoms. The average molecular weight is 387 g/mol. The van der Waals surface area contributed by atoms with E-state index in [9.17, 15) is 0 Å². The minimum Gasteiger partial charge on any atom is -0.372 e. The second-order valence-electron chi connectivity index (χ2n) is 5.83. The van der Waals surface area contributed by atoms with Crippen LogP contribution in [-0.4, -0.2) is 17.0 Å². The fourth-order valence-corrected chi connectivity index (χ4v) is 3.94. The zero-order chi connectivity index (χ0) is 14.5. The van der Waals surface area contributed by atoms with Crippen LogP contribution in [0, 0.1) is 9.49 Å². The highest BCUT2D eigenvalue weighted by Gasteiger charge is 2.25. The van der Waals surface area contributed by atoms with Gasteiger partial charge in [0.1, 0.15) is 11.6 Å². The second-order valence-corrected chi connectivity index (χ2v) is 6.91. The average Bonchev–Trinajstić information content (AvgIpc) is 2.49. The van der Waals surface area contributed by atoms with Crippen LogP contribution >= 0.6 is 22.6 Å². The van der Waals surface area contributed by atoms with Crippen molar-refractivity contribution in [2.45, 2.75) is 64.7 Å². The number of aromatic nitrogens is 2. The zero-order valence-corrected chi connectivity index (χ0v) is 15.0. The van der Waals surface area contributed by atoms with Gasteiger partial charge in [-0.2, -0.15) is 0 Å². The van der Waals surface area contributed by atoms with Gasteiger partial charge in [-0.25, -0.2) is 9.97 Å². The highest BCUT2D eigenvalue weighted by molar-refractivity contribution is 14.1. The lowest BCUT2D eigenvalue weighted by molar-refractivity contribution is 0.307. The molecule has 0 spiro atoms. The third-order valence-corrected chi connectivity index (χ3v) is 5.52. The first-order valence-electron chi connectivity index (χ1n) is 7.93. The van der Waals surface area contributed by atoms with Crippen molar-refractivity contribution < 1.29 is 0 Å². The first-order valence-corrected chi connectivity index (χ1v) is 9.01. The van der Waals surface area contributed by atoms with E-state index in [-0.39, 0.29) is 0 Å². The van der Waals surface area contributed by atoms with Crippen LogP contribution in [0.15, 0.2) is 0 Å². The number of hydrogen-bond donors (Lipinski definition) is 1. The zero-order valence-electron chi connectivity index (χ0n) is 12.9. The minimum absolute atomic E-state index is 0.563. The van der Waals surface area contributed by atoms with Crippen LogP contribution in [0.5, 0.6) is 0 Å². The Morgan fingerprint density at radius 2 is 2.05 bits per heavy atom. The molecule has 2 atom stereocenters. The molecule has 0 aliphatic heterocycles. The lowest BCUT2D eigenvalue weighted by Crippen LogP contribution is -2.18. The Hall–Kier alpha value is -0.390. The third kappa shape index (κ3) is 3.62. The van der Waals surface area contributed by atoms with Crippen LogP contribution in [0.25, 0.3) is 0 Å². The van der Waals surface area contributed by atoms with Gasteiger partial charge in [-0.3, -0.25) is 0 Å². The standard InChI is InChI=1S/C16H26IN3/c1-4-7-13-14(17)16(18-3)20-15(19-13)12-9-6-8-11(5-2)10-12/h11-12H,4-10H2,1-3H3,(H,18,19,20). The molecule has 0 bridgehead atoms. The van der Waals surface area contributed by atoms with E-state index in [1.165, 1.54) is 41.4 Å². The summed E-state index contributed by atoms with van der Waals surface area (Å²) in [5.74, 6) is 3.52. The molecule has 0 amide bonds. The molecule has 112 valence electrons. The van der Waals surface area contributed by atoms with Gasteiger partial charge >= 0.3 is 0 Å². The monoisotopic (exact) mass is 387 g/mol. The molecule has 2 rings (SSSR count). The summed E-state index contributed by atoms with van der Waals surface area (Å²) in [7, 11) is 1.96. The van der Waals surface area contributed by atoms with E-state index in [1.54, 1.807) is 0 Å². The Balaban J connectivity index is 2.28. The van der Waals surface area contributed by atoms with E-state index in [1.807, 2.05) is 7.05 Å². The SMILES string of the molecule is CCCc1nc(C2CCCC(CC)C2)nc(NC)c1I. The van der Waals surface area contributed by atoms with E-state index < -0.39 is 0 Å². The van der Waals surface area contributed by atoms with Crippen molar-refractivity contribution >= 4 is 28.4 Å². The fourth-order valence-electron chi connectivity index (χ4n) is 3.16. The molecular formula is C16H26IN3. The molecule has 1 N–H and O–H groups in total. The molecule has 1 heterocycles. The van der Waals surface area contributed by atoms with Crippen LogP contribution in [-0.2, 0) is 6.42 Å². The van der Waals surface area contributed by atoms with Gasteiger partial charge in [-0.05, 0) is 47.8 Å². The summed E-state index contributed by atoms with van der Waals surface area (Å²) < 4.78 is 1.19.